The molecule has 1 N–H and O–H groups in total. The van der Waals surface area contributed by atoms with E-state index in [9.17, 15) is 9.18 Å². The maximum atomic E-state index is 13.7. The second kappa shape index (κ2) is 7.92. The van der Waals surface area contributed by atoms with Gasteiger partial charge in [-0.25, -0.2) is 9.37 Å². The number of unbranched alkanes of at least 4 members (excludes halogenated alkanes) is 2. The second-order valence-electron chi connectivity index (χ2n) is 6.04. The van der Waals surface area contributed by atoms with Gasteiger partial charge < -0.3 is 9.88 Å². The summed E-state index contributed by atoms with van der Waals surface area (Å²) < 4.78 is 15.9. The number of aromatic nitrogens is 2. The Balaban J connectivity index is 1.79. The van der Waals surface area contributed by atoms with Crippen LogP contribution in [0.5, 0.6) is 0 Å². The van der Waals surface area contributed by atoms with E-state index < -0.39 is 11.7 Å². The van der Waals surface area contributed by atoms with E-state index in [0.29, 0.717) is 0 Å². The number of para-hydroxylation sites is 2. The fourth-order valence-electron chi connectivity index (χ4n) is 2.93. The molecule has 0 saturated carbocycles. The van der Waals surface area contributed by atoms with Crippen molar-refractivity contribution in [1.82, 2.24) is 14.9 Å². The molecule has 0 unspecified atom stereocenters. The zero-order valence-electron chi connectivity index (χ0n) is 14.3. The summed E-state index contributed by atoms with van der Waals surface area (Å²) >= 11 is 0. The first-order valence-corrected chi connectivity index (χ1v) is 8.67. The van der Waals surface area contributed by atoms with Crippen LogP contribution in [0, 0.1) is 5.82 Å². The van der Waals surface area contributed by atoms with Gasteiger partial charge in [0.25, 0.3) is 5.91 Å². The minimum Gasteiger partial charge on any atom is -0.345 e. The molecular formula is C20H22FN3O. The molecule has 0 aliphatic rings. The number of fused-ring (bicyclic) bond motifs is 1. The van der Waals surface area contributed by atoms with Crippen LogP contribution in [-0.4, -0.2) is 15.5 Å². The minimum absolute atomic E-state index is 0.0520. The van der Waals surface area contributed by atoms with Crippen LogP contribution >= 0.6 is 0 Å². The molecule has 0 spiro atoms. The Labute approximate surface area is 146 Å². The van der Waals surface area contributed by atoms with E-state index in [2.05, 4.69) is 21.8 Å². The number of benzene rings is 2. The number of hydrogen-bond donors (Lipinski definition) is 1. The van der Waals surface area contributed by atoms with Gasteiger partial charge in [0.2, 0.25) is 0 Å². The van der Waals surface area contributed by atoms with Crippen molar-refractivity contribution in [2.45, 2.75) is 39.3 Å². The molecular weight excluding hydrogens is 317 g/mol. The van der Waals surface area contributed by atoms with Crippen molar-refractivity contribution in [2.24, 2.45) is 0 Å². The van der Waals surface area contributed by atoms with E-state index in [1.165, 1.54) is 12.1 Å². The van der Waals surface area contributed by atoms with Crippen LogP contribution in [0.2, 0.25) is 0 Å². The molecule has 0 radical (unpaired) electrons. The summed E-state index contributed by atoms with van der Waals surface area (Å²) in [5.74, 6) is -0.149. The summed E-state index contributed by atoms with van der Waals surface area (Å²) in [5, 5.41) is 2.79. The summed E-state index contributed by atoms with van der Waals surface area (Å²) in [6, 6.07) is 13.9. The van der Waals surface area contributed by atoms with Crippen LogP contribution in [0.25, 0.3) is 11.0 Å². The third-order valence-electron chi connectivity index (χ3n) is 4.24. The van der Waals surface area contributed by atoms with Gasteiger partial charge in [0.15, 0.2) is 0 Å². The number of nitrogens with zero attached hydrogens (tertiary/aromatic N) is 2. The minimum atomic E-state index is -0.517. The second-order valence-corrected chi connectivity index (χ2v) is 6.04. The average Bonchev–Trinajstić information content (AvgIpc) is 2.98. The highest BCUT2D eigenvalue weighted by Crippen LogP contribution is 2.17. The van der Waals surface area contributed by atoms with Gasteiger partial charge in [-0.15, -0.1) is 0 Å². The SMILES string of the molecule is CCCCCn1c(CNC(=O)c2ccccc2F)nc2ccccc21. The van der Waals surface area contributed by atoms with Gasteiger partial charge >= 0.3 is 0 Å². The first kappa shape index (κ1) is 17.1. The van der Waals surface area contributed by atoms with Crippen molar-refractivity contribution in [3.05, 3.63) is 65.7 Å². The van der Waals surface area contributed by atoms with Crippen LogP contribution in [0.1, 0.15) is 42.4 Å². The summed E-state index contributed by atoms with van der Waals surface area (Å²) in [7, 11) is 0. The smallest absolute Gasteiger partial charge is 0.254 e. The van der Waals surface area contributed by atoms with Gasteiger partial charge in [-0.3, -0.25) is 4.79 Å². The Morgan fingerprint density at radius 2 is 1.88 bits per heavy atom. The van der Waals surface area contributed by atoms with Crippen LogP contribution in [0.4, 0.5) is 4.39 Å². The monoisotopic (exact) mass is 339 g/mol. The van der Waals surface area contributed by atoms with Crippen LogP contribution in [0.3, 0.4) is 0 Å². The van der Waals surface area contributed by atoms with Crippen molar-refractivity contribution in [3.8, 4) is 0 Å². The zero-order valence-corrected chi connectivity index (χ0v) is 14.3. The Kier molecular flexibility index (Phi) is 5.43. The zero-order chi connectivity index (χ0) is 17.6. The number of hydrogen-bond acceptors (Lipinski definition) is 2. The molecule has 5 heteroatoms. The summed E-state index contributed by atoms with van der Waals surface area (Å²) in [5.41, 5.74) is 2.03. The molecule has 3 aromatic rings. The molecule has 0 aliphatic heterocycles. The predicted molar refractivity (Wildman–Crippen MR) is 96.8 cm³/mol. The van der Waals surface area contributed by atoms with E-state index in [1.807, 2.05) is 24.3 Å². The van der Waals surface area contributed by atoms with Gasteiger partial charge in [0.1, 0.15) is 11.6 Å². The van der Waals surface area contributed by atoms with E-state index in [-0.39, 0.29) is 12.1 Å². The molecule has 1 aromatic heterocycles. The van der Waals surface area contributed by atoms with Gasteiger partial charge in [-0.1, -0.05) is 44.0 Å². The van der Waals surface area contributed by atoms with Crippen molar-refractivity contribution in [1.29, 1.82) is 0 Å². The highest BCUT2D eigenvalue weighted by molar-refractivity contribution is 5.94. The third-order valence-corrected chi connectivity index (χ3v) is 4.24. The van der Waals surface area contributed by atoms with Gasteiger partial charge in [0, 0.05) is 6.54 Å². The fraction of sp³-hybridized carbons (Fsp3) is 0.300. The molecule has 2 aromatic carbocycles. The molecule has 1 amide bonds. The maximum absolute atomic E-state index is 13.7. The Morgan fingerprint density at radius 3 is 2.68 bits per heavy atom. The molecule has 1 heterocycles. The summed E-state index contributed by atoms with van der Waals surface area (Å²) in [6.45, 7) is 3.30. The Bertz CT molecular complexity index is 872. The molecule has 25 heavy (non-hydrogen) atoms. The lowest BCUT2D eigenvalue weighted by molar-refractivity contribution is 0.0945. The van der Waals surface area contributed by atoms with Crippen LogP contribution < -0.4 is 5.32 Å². The van der Waals surface area contributed by atoms with Gasteiger partial charge in [-0.2, -0.15) is 0 Å². The van der Waals surface area contributed by atoms with Crippen LogP contribution in [-0.2, 0) is 13.1 Å². The van der Waals surface area contributed by atoms with Crippen LogP contribution in [0.15, 0.2) is 48.5 Å². The number of nitrogens with one attached hydrogen (secondary N) is 1. The molecule has 130 valence electrons. The highest BCUT2D eigenvalue weighted by Gasteiger charge is 2.14. The maximum Gasteiger partial charge on any atom is 0.254 e. The Morgan fingerprint density at radius 1 is 1.12 bits per heavy atom. The highest BCUT2D eigenvalue weighted by atomic mass is 19.1. The van der Waals surface area contributed by atoms with Gasteiger partial charge in [-0.05, 0) is 30.7 Å². The number of imidazole rings is 1. The number of carbonyl (C=O) groups excluding carboxylic acids is 1. The number of rotatable bonds is 7. The normalized spacial score (nSPS) is 11.0. The summed E-state index contributed by atoms with van der Waals surface area (Å²) in [4.78, 5) is 16.9. The van der Waals surface area contributed by atoms with E-state index in [1.54, 1.807) is 12.1 Å². The quantitative estimate of drug-likeness (QED) is 0.653. The van der Waals surface area contributed by atoms with Gasteiger partial charge in [0.05, 0.1) is 23.1 Å². The van der Waals surface area contributed by atoms with Crippen molar-refractivity contribution >= 4 is 16.9 Å². The molecule has 0 aliphatic carbocycles. The van der Waals surface area contributed by atoms with E-state index in [0.717, 1.165) is 42.7 Å². The number of amides is 1. The molecule has 4 nitrogen and oxygen atoms in total. The van der Waals surface area contributed by atoms with Crippen molar-refractivity contribution in [3.63, 3.8) is 0 Å². The molecule has 0 saturated heterocycles. The molecule has 0 bridgehead atoms. The third kappa shape index (κ3) is 3.87. The average molecular weight is 339 g/mol. The molecule has 3 rings (SSSR count). The number of halogens is 1. The lowest BCUT2D eigenvalue weighted by Crippen LogP contribution is -2.25. The lowest BCUT2D eigenvalue weighted by atomic mass is 10.2. The topological polar surface area (TPSA) is 46.9 Å². The standard InChI is InChI=1S/C20H22FN3O/c1-2-3-8-13-24-18-12-7-6-11-17(18)23-19(24)14-22-20(25)15-9-4-5-10-16(15)21/h4-7,9-12H,2-3,8,13-14H2,1H3,(H,22,25). The van der Waals surface area contributed by atoms with E-state index >= 15 is 0 Å². The van der Waals surface area contributed by atoms with Crippen molar-refractivity contribution in [2.75, 3.05) is 0 Å². The fourth-order valence-corrected chi connectivity index (χ4v) is 2.93. The predicted octanol–water partition coefficient (Wildman–Crippen LogP) is 4.30. The molecule has 0 fully saturated rings. The largest absolute Gasteiger partial charge is 0.345 e. The number of carbonyl (C=O) groups is 1. The number of aryl methyl sites for hydroxylation is 1. The first-order chi connectivity index (χ1) is 12.2. The first-order valence-electron chi connectivity index (χ1n) is 8.67. The van der Waals surface area contributed by atoms with Crippen molar-refractivity contribution < 1.29 is 9.18 Å². The Hall–Kier alpha value is -2.69. The van der Waals surface area contributed by atoms with E-state index in [4.69, 9.17) is 0 Å². The molecule has 0 atom stereocenters. The summed E-state index contributed by atoms with van der Waals surface area (Å²) in [6.07, 6.45) is 3.35. The lowest BCUT2D eigenvalue weighted by Gasteiger charge is -2.10.